The van der Waals surface area contributed by atoms with Crippen molar-refractivity contribution in [2.45, 2.75) is 13.1 Å². The van der Waals surface area contributed by atoms with Crippen LogP contribution in [0.2, 0.25) is 0 Å². The summed E-state index contributed by atoms with van der Waals surface area (Å²) < 4.78 is 0. The average molecular weight is 287 g/mol. The Kier molecular flexibility index (Phi) is 3.69. The minimum Gasteiger partial charge on any atom is -0.478 e. The summed E-state index contributed by atoms with van der Waals surface area (Å²) in [6.45, 7) is 6.29. The molecule has 1 aromatic carbocycles. The van der Waals surface area contributed by atoms with Crippen molar-refractivity contribution in [3.05, 3.63) is 35.4 Å². The molecule has 0 aliphatic carbocycles. The largest absolute Gasteiger partial charge is 0.478 e. The van der Waals surface area contributed by atoms with Gasteiger partial charge >= 0.3 is 5.97 Å². The van der Waals surface area contributed by atoms with E-state index in [4.69, 9.17) is 5.11 Å². The molecular weight excluding hydrogens is 266 g/mol. The number of piperazine rings is 1. The number of carboxylic acid groups (broad SMARTS) is 1. The first-order chi connectivity index (χ1) is 10.0. The van der Waals surface area contributed by atoms with Crippen LogP contribution in [0, 0.1) is 0 Å². The number of benzene rings is 1. The highest BCUT2D eigenvalue weighted by Crippen LogP contribution is 2.31. The molecule has 0 radical (unpaired) electrons. The Balaban J connectivity index is 1.83. The van der Waals surface area contributed by atoms with E-state index in [2.05, 4.69) is 28.2 Å². The molecule has 0 spiro atoms. The van der Waals surface area contributed by atoms with Crippen LogP contribution in [0.15, 0.2) is 24.3 Å². The standard InChI is InChI=1S/C16H21N3O2/c1-11-9-15(19-7-5-18(2)6-8-19)17-14-4-3-12(16(20)21)10-13(11)14/h3-4,9-10,15,17H,5-8H2,1-2H3,(H,20,21). The summed E-state index contributed by atoms with van der Waals surface area (Å²) >= 11 is 0. The van der Waals surface area contributed by atoms with Crippen molar-refractivity contribution < 1.29 is 9.90 Å². The van der Waals surface area contributed by atoms with Gasteiger partial charge in [0.2, 0.25) is 0 Å². The van der Waals surface area contributed by atoms with E-state index in [-0.39, 0.29) is 6.17 Å². The summed E-state index contributed by atoms with van der Waals surface area (Å²) in [4.78, 5) is 15.8. The van der Waals surface area contributed by atoms with Crippen LogP contribution in [0.4, 0.5) is 5.69 Å². The molecular formula is C16H21N3O2. The van der Waals surface area contributed by atoms with E-state index in [0.717, 1.165) is 43.0 Å². The first-order valence-electron chi connectivity index (χ1n) is 7.30. The molecule has 0 bridgehead atoms. The van der Waals surface area contributed by atoms with Gasteiger partial charge in [0.1, 0.15) is 0 Å². The summed E-state index contributed by atoms with van der Waals surface area (Å²) in [5.41, 5.74) is 3.47. The van der Waals surface area contributed by atoms with Crippen LogP contribution in [-0.4, -0.2) is 60.3 Å². The number of hydrogen-bond donors (Lipinski definition) is 2. The Hall–Kier alpha value is -1.85. The number of likely N-dealkylation sites (N-methyl/N-ethyl adjacent to an activating group) is 1. The van der Waals surface area contributed by atoms with Gasteiger partial charge in [-0.25, -0.2) is 4.79 Å². The van der Waals surface area contributed by atoms with E-state index >= 15 is 0 Å². The smallest absolute Gasteiger partial charge is 0.335 e. The molecule has 0 amide bonds. The number of rotatable bonds is 2. The molecule has 1 unspecified atom stereocenters. The fraction of sp³-hybridized carbons (Fsp3) is 0.438. The maximum Gasteiger partial charge on any atom is 0.335 e. The molecule has 5 heteroatoms. The van der Waals surface area contributed by atoms with Gasteiger partial charge in [-0.05, 0) is 43.8 Å². The number of carboxylic acids is 1. The minimum absolute atomic E-state index is 0.196. The van der Waals surface area contributed by atoms with Gasteiger partial charge in [0.15, 0.2) is 0 Å². The Morgan fingerprint density at radius 2 is 2.00 bits per heavy atom. The SMILES string of the molecule is CC1=CC(N2CCN(C)CC2)Nc2ccc(C(=O)O)cc21. The van der Waals surface area contributed by atoms with Crippen LogP contribution in [0.25, 0.3) is 5.57 Å². The van der Waals surface area contributed by atoms with Crippen molar-refractivity contribution in [3.8, 4) is 0 Å². The molecule has 2 N–H and O–H groups in total. The zero-order valence-electron chi connectivity index (χ0n) is 12.5. The molecule has 0 saturated carbocycles. The Bertz CT molecular complexity index is 589. The number of aromatic carboxylic acids is 1. The molecule has 2 aliphatic rings. The molecule has 2 aliphatic heterocycles. The van der Waals surface area contributed by atoms with Crippen LogP contribution < -0.4 is 5.32 Å². The Labute approximate surface area is 124 Å². The van der Waals surface area contributed by atoms with Crippen molar-refractivity contribution in [2.75, 3.05) is 38.5 Å². The van der Waals surface area contributed by atoms with Gasteiger partial charge < -0.3 is 15.3 Å². The third-order valence-electron chi connectivity index (χ3n) is 4.33. The number of anilines is 1. The predicted molar refractivity (Wildman–Crippen MR) is 83.5 cm³/mol. The van der Waals surface area contributed by atoms with Crippen molar-refractivity contribution in [3.63, 3.8) is 0 Å². The second-order valence-corrected chi connectivity index (χ2v) is 5.84. The fourth-order valence-electron chi connectivity index (χ4n) is 2.95. The third kappa shape index (κ3) is 2.80. The van der Waals surface area contributed by atoms with Crippen molar-refractivity contribution in [1.82, 2.24) is 9.80 Å². The van der Waals surface area contributed by atoms with Crippen molar-refractivity contribution >= 4 is 17.2 Å². The van der Waals surface area contributed by atoms with Crippen molar-refractivity contribution in [2.24, 2.45) is 0 Å². The van der Waals surface area contributed by atoms with E-state index in [1.54, 1.807) is 12.1 Å². The van der Waals surface area contributed by atoms with Crippen molar-refractivity contribution in [1.29, 1.82) is 0 Å². The lowest BCUT2D eigenvalue weighted by molar-refractivity contribution is 0.0697. The molecule has 5 nitrogen and oxygen atoms in total. The number of nitrogens with one attached hydrogen (secondary N) is 1. The van der Waals surface area contributed by atoms with E-state index in [1.165, 1.54) is 0 Å². The predicted octanol–water partition coefficient (Wildman–Crippen LogP) is 1.79. The molecule has 2 heterocycles. The lowest BCUT2D eigenvalue weighted by atomic mass is 9.97. The maximum atomic E-state index is 11.1. The number of fused-ring (bicyclic) bond motifs is 1. The highest BCUT2D eigenvalue weighted by Gasteiger charge is 2.25. The van der Waals surface area contributed by atoms with Crippen LogP contribution >= 0.6 is 0 Å². The molecule has 21 heavy (non-hydrogen) atoms. The van der Waals surface area contributed by atoms with E-state index in [9.17, 15) is 4.79 Å². The quantitative estimate of drug-likeness (QED) is 0.868. The zero-order chi connectivity index (χ0) is 15.0. The number of carbonyl (C=O) groups is 1. The van der Waals surface area contributed by atoms with Gasteiger partial charge in [0.25, 0.3) is 0 Å². The normalized spacial score (nSPS) is 23.1. The lowest BCUT2D eigenvalue weighted by Gasteiger charge is -2.39. The van der Waals surface area contributed by atoms with Crippen LogP contribution in [0.1, 0.15) is 22.8 Å². The number of nitrogens with zero attached hydrogens (tertiary/aromatic N) is 2. The van der Waals surface area contributed by atoms with E-state index in [0.29, 0.717) is 5.56 Å². The molecule has 1 saturated heterocycles. The fourth-order valence-corrected chi connectivity index (χ4v) is 2.95. The Morgan fingerprint density at radius 1 is 1.29 bits per heavy atom. The monoisotopic (exact) mass is 287 g/mol. The first-order valence-corrected chi connectivity index (χ1v) is 7.30. The number of allylic oxidation sites excluding steroid dienone is 1. The van der Waals surface area contributed by atoms with Gasteiger partial charge in [-0.1, -0.05) is 0 Å². The van der Waals surface area contributed by atoms with Crippen LogP contribution in [0.5, 0.6) is 0 Å². The maximum absolute atomic E-state index is 11.1. The van der Waals surface area contributed by atoms with E-state index < -0.39 is 5.97 Å². The Morgan fingerprint density at radius 3 is 2.67 bits per heavy atom. The third-order valence-corrected chi connectivity index (χ3v) is 4.33. The second-order valence-electron chi connectivity index (χ2n) is 5.84. The summed E-state index contributed by atoms with van der Waals surface area (Å²) in [6.07, 6.45) is 2.39. The van der Waals surface area contributed by atoms with Gasteiger partial charge in [0.05, 0.1) is 11.7 Å². The second kappa shape index (κ2) is 5.50. The van der Waals surface area contributed by atoms with Gasteiger partial charge in [-0.2, -0.15) is 0 Å². The highest BCUT2D eigenvalue weighted by atomic mass is 16.4. The first kappa shape index (κ1) is 14.1. The number of hydrogen-bond acceptors (Lipinski definition) is 4. The lowest BCUT2D eigenvalue weighted by Crippen LogP contribution is -2.51. The van der Waals surface area contributed by atoms with E-state index in [1.807, 2.05) is 13.0 Å². The molecule has 3 rings (SSSR count). The van der Waals surface area contributed by atoms with Crippen LogP contribution in [0.3, 0.4) is 0 Å². The minimum atomic E-state index is -0.883. The van der Waals surface area contributed by atoms with Gasteiger partial charge in [-0.3, -0.25) is 4.90 Å². The topological polar surface area (TPSA) is 55.8 Å². The summed E-state index contributed by atoms with van der Waals surface area (Å²) in [6, 6.07) is 5.28. The summed E-state index contributed by atoms with van der Waals surface area (Å²) in [5, 5.41) is 12.6. The summed E-state index contributed by atoms with van der Waals surface area (Å²) in [7, 11) is 2.15. The molecule has 112 valence electrons. The van der Waals surface area contributed by atoms with Gasteiger partial charge in [0, 0.05) is 37.4 Å². The molecule has 0 aromatic heterocycles. The van der Waals surface area contributed by atoms with Crippen LogP contribution in [-0.2, 0) is 0 Å². The average Bonchev–Trinajstić information content (AvgIpc) is 2.47. The molecule has 1 atom stereocenters. The molecule has 1 fully saturated rings. The highest BCUT2D eigenvalue weighted by molar-refractivity contribution is 5.91. The summed E-state index contributed by atoms with van der Waals surface area (Å²) in [5.74, 6) is -0.883. The van der Waals surface area contributed by atoms with Gasteiger partial charge in [-0.15, -0.1) is 0 Å². The molecule has 1 aromatic rings. The zero-order valence-corrected chi connectivity index (χ0v) is 12.5.